The van der Waals surface area contributed by atoms with Gasteiger partial charge in [-0.1, -0.05) is 39.5 Å². The van der Waals surface area contributed by atoms with Gasteiger partial charge in [-0.2, -0.15) is 0 Å². The second-order valence-electron chi connectivity index (χ2n) is 9.04. The first kappa shape index (κ1) is 21.8. The zero-order chi connectivity index (χ0) is 22.5. The van der Waals surface area contributed by atoms with E-state index in [0.29, 0.717) is 10.3 Å². The number of anilines is 1. The predicted molar refractivity (Wildman–Crippen MR) is 132 cm³/mol. The van der Waals surface area contributed by atoms with E-state index >= 15 is 0 Å². The highest BCUT2D eigenvalue weighted by Gasteiger charge is 2.24. The van der Waals surface area contributed by atoms with E-state index in [1.807, 2.05) is 21.1 Å². The van der Waals surface area contributed by atoms with Crippen LogP contribution >= 0.6 is 34.4 Å². The zero-order valence-corrected chi connectivity index (χ0v) is 21.1. The number of aryl methyl sites for hydroxylation is 3. The minimum absolute atomic E-state index is 0.0373. The normalized spacial score (nSPS) is 14.2. The zero-order valence-electron chi connectivity index (χ0n) is 18.7. The number of nitrogens with one attached hydrogen (secondary N) is 1. The van der Waals surface area contributed by atoms with Crippen LogP contribution in [0.25, 0.3) is 15.9 Å². The molecule has 10 heteroatoms. The molecule has 0 spiro atoms. The number of thiophene rings is 1. The largest absolute Gasteiger partial charge is 0.301 e. The first-order valence-corrected chi connectivity index (χ1v) is 13.6. The van der Waals surface area contributed by atoms with Crippen LogP contribution in [0.4, 0.5) is 5.13 Å². The van der Waals surface area contributed by atoms with Crippen molar-refractivity contribution in [1.82, 2.24) is 24.6 Å². The Balaban J connectivity index is 1.40. The smallest absolute Gasteiger partial charge is 0.236 e. The average Bonchev–Trinajstić information content (AvgIpc) is 3.47. The highest BCUT2D eigenvalue weighted by atomic mass is 32.2. The summed E-state index contributed by atoms with van der Waals surface area (Å²) in [6.07, 6.45) is 5.45. The summed E-state index contributed by atoms with van der Waals surface area (Å²) in [4.78, 5) is 24.6. The molecule has 0 aliphatic heterocycles. The number of thioether (sulfide) groups is 1. The van der Waals surface area contributed by atoms with E-state index in [9.17, 15) is 4.79 Å². The molecule has 168 valence electrons. The molecule has 0 saturated carbocycles. The van der Waals surface area contributed by atoms with Gasteiger partial charge in [0.2, 0.25) is 5.91 Å². The number of hydrogen-bond acceptors (Lipinski definition) is 8. The van der Waals surface area contributed by atoms with Crippen molar-refractivity contribution in [1.29, 1.82) is 0 Å². The SMILES string of the molecule is CCc1nc2sc3c(c2c2nnc(SCC(=O)Nc4nc(C(C)(C)C)cs4)n12)CCCC3. The summed E-state index contributed by atoms with van der Waals surface area (Å²) in [5, 5.41) is 16.4. The van der Waals surface area contributed by atoms with Crippen LogP contribution in [0.5, 0.6) is 0 Å². The molecule has 0 atom stereocenters. The second kappa shape index (κ2) is 8.39. The molecule has 7 nitrogen and oxygen atoms in total. The third-order valence-corrected chi connectivity index (χ3v) is 8.54. The van der Waals surface area contributed by atoms with E-state index < -0.39 is 0 Å². The minimum Gasteiger partial charge on any atom is -0.301 e. The summed E-state index contributed by atoms with van der Waals surface area (Å²) < 4.78 is 2.04. The number of hydrogen-bond donors (Lipinski definition) is 1. The van der Waals surface area contributed by atoms with E-state index in [-0.39, 0.29) is 17.1 Å². The molecule has 5 rings (SSSR count). The Bertz CT molecular complexity index is 1310. The molecule has 1 amide bonds. The first-order chi connectivity index (χ1) is 15.3. The molecule has 32 heavy (non-hydrogen) atoms. The molecule has 0 radical (unpaired) electrons. The molecule has 0 fully saturated rings. The van der Waals surface area contributed by atoms with Gasteiger partial charge >= 0.3 is 0 Å². The molecule has 0 unspecified atom stereocenters. The number of carbonyl (C=O) groups excluding carboxylic acids is 1. The quantitative estimate of drug-likeness (QED) is 0.387. The number of fused-ring (bicyclic) bond motifs is 5. The number of amides is 1. The van der Waals surface area contributed by atoms with Crippen LogP contribution in [0, 0.1) is 0 Å². The predicted octanol–water partition coefficient (Wildman–Crippen LogP) is 5.27. The first-order valence-electron chi connectivity index (χ1n) is 10.9. The third kappa shape index (κ3) is 3.92. The van der Waals surface area contributed by atoms with E-state index in [1.165, 1.54) is 46.4 Å². The Hall–Kier alpha value is -2.04. The molecule has 4 aromatic rings. The Kier molecular flexibility index (Phi) is 5.71. The maximum atomic E-state index is 12.6. The van der Waals surface area contributed by atoms with Crippen molar-refractivity contribution in [3.63, 3.8) is 0 Å². The van der Waals surface area contributed by atoms with E-state index in [1.54, 1.807) is 0 Å². The Morgan fingerprint density at radius 3 is 2.78 bits per heavy atom. The lowest BCUT2D eigenvalue weighted by atomic mass is 9.93. The van der Waals surface area contributed by atoms with Crippen LogP contribution in [0.1, 0.15) is 62.5 Å². The second-order valence-corrected chi connectivity index (χ2v) is 11.9. The number of aromatic nitrogens is 5. The number of carbonyl (C=O) groups is 1. The van der Waals surface area contributed by atoms with Crippen LogP contribution in [0.15, 0.2) is 10.5 Å². The molecule has 0 saturated heterocycles. The fourth-order valence-corrected chi connectivity index (χ4v) is 6.96. The fourth-order valence-electron chi connectivity index (χ4n) is 3.98. The van der Waals surface area contributed by atoms with Gasteiger partial charge < -0.3 is 5.32 Å². The summed E-state index contributed by atoms with van der Waals surface area (Å²) in [7, 11) is 0. The van der Waals surface area contributed by atoms with Gasteiger partial charge in [0.05, 0.1) is 16.8 Å². The van der Waals surface area contributed by atoms with E-state index in [4.69, 9.17) is 4.98 Å². The van der Waals surface area contributed by atoms with Gasteiger partial charge in [-0.05, 0) is 31.2 Å². The van der Waals surface area contributed by atoms with Crippen molar-refractivity contribution < 1.29 is 4.79 Å². The van der Waals surface area contributed by atoms with Gasteiger partial charge in [0, 0.05) is 22.1 Å². The molecule has 1 aliphatic rings. The molecule has 1 aliphatic carbocycles. The highest BCUT2D eigenvalue weighted by Crippen LogP contribution is 2.38. The lowest BCUT2D eigenvalue weighted by Gasteiger charge is -2.14. The van der Waals surface area contributed by atoms with Crippen LogP contribution in [-0.4, -0.2) is 36.2 Å². The van der Waals surface area contributed by atoms with Gasteiger partial charge in [-0.25, -0.2) is 9.97 Å². The average molecular weight is 487 g/mol. The number of thiazole rings is 1. The molecule has 0 bridgehead atoms. The lowest BCUT2D eigenvalue weighted by molar-refractivity contribution is -0.113. The molecule has 1 N–H and O–H groups in total. The van der Waals surface area contributed by atoms with Gasteiger partial charge in [0.1, 0.15) is 10.7 Å². The molecular formula is C22H26N6OS3. The van der Waals surface area contributed by atoms with Crippen molar-refractivity contribution >= 4 is 61.3 Å². The van der Waals surface area contributed by atoms with Gasteiger partial charge in [0.25, 0.3) is 0 Å². The standard InChI is InChI=1S/C22H26N6OS3/c1-5-15-24-19-17(12-8-6-7-9-13(12)32-19)18-26-27-21(28(15)18)31-11-16(29)25-20-23-14(10-30-20)22(2,3)4/h10H,5-9,11H2,1-4H3,(H,23,25,29). The van der Waals surface area contributed by atoms with Gasteiger partial charge in [0.15, 0.2) is 15.9 Å². The summed E-state index contributed by atoms with van der Waals surface area (Å²) in [5.74, 6) is 1.09. The van der Waals surface area contributed by atoms with Crippen molar-refractivity contribution in [3.8, 4) is 0 Å². The summed E-state index contributed by atoms with van der Waals surface area (Å²) in [6, 6.07) is 0. The van der Waals surface area contributed by atoms with E-state index in [2.05, 4.69) is 48.2 Å². The number of rotatable bonds is 5. The Labute approximate surface area is 199 Å². The van der Waals surface area contributed by atoms with Crippen molar-refractivity contribution in [3.05, 3.63) is 27.3 Å². The summed E-state index contributed by atoms with van der Waals surface area (Å²) >= 11 is 4.66. The third-order valence-electron chi connectivity index (χ3n) is 5.67. The van der Waals surface area contributed by atoms with Crippen LogP contribution in [0.2, 0.25) is 0 Å². The molecule has 0 aromatic carbocycles. The van der Waals surface area contributed by atoms with Crippen LogP contribution in [-0.2, 0) is 29.5 Å². The maximum absolute atomic E-state index is 12.6. The fraction of sp³-hybridized carbons (Fsp3) is 0.500. The summed E-state index contributed by atoms with van der Waals surface area (Å²) in [6.45, 7) is 8.43. The van der Waals surface area contributed by atoms with Crippen molar-refractivity contribution in [2.45, 2.75) is 70.4 Å². The Morgan fingerprint density at radius 1 is 1.22 bits per heavy atom. The minimum atomic E-state index is -0.0958. The van der Waals surface area contributed by atoms with Gasteiger partial charge in [-0.15, -0.1) is 32.9 Å². The highest BCUT2D eigenvalue weighted by molar-refractivity contribution is 7.99. The lowest BCUT2D eigenvalue weighted by Crippen LogP contribution is -2.16. The van der Waals surface area contributed by atoms with Crippen LogP contribution < -0.4 is 5.32 Å². The monoisotopic (exact) mass is 486 g/mol. The molecule has 4 aromatic heterocycles. The molecular weight excluding hydrogens is 460 g/mol. The van der Waals surface area contributed by atoms with Gasteiger partial charge in [-0.3, -0.25) is 9.20 Å². The maximum Gasteiger partial charge on any atom is 0.236 e. The van der Waals surface area contributed by atoms with Crippen molar-refractivity contribution in [2.24, 2.45) is 0 Å². The summed E-state index contributed by atoms with van der Waals surface area (Å²) in [5.41, 5.74) is 3.22. The van der Waals surface area contributed by atoms with Crippen molar-refractivity contribution in [2.75, 3.05) is 11.1 Å². The van der Waals surface area contributed by atoms with Crippen LogP contribution in [0.3, 0.4) is 0 Å². The topological polar surface area (TPSA) is 85.1 Å². The molecule has 4 heterocycles. The van der Waals surface area contributed by atoms with E-state index in [0.717, 1.165) is 46.6 Å². The number of nitrogens with zero attached hydrogens (tertiary/aromatic N) is 5. The Morgan fingerprint density at radius 2 is 2.03 bits per heavy atom.